The predicted molar refractivity (Wildman–Crippen MR) is 99.4 cm³/mol. The molecule has 0 radical (unpaired) electrons. The Bertz CT molecular complexity index is 842. The zero-order valence-corrected chi connectivity index (χ0v) is 15.8. The lowest BCUT2D eigenvalue weighted by molar-refractivity contribution is -0.122. The first kappa shape index (κ1) is 19.7. The van der Waals surface area contributed by atoms with Crippen molar-refractivity contribution in [2.75, 3.05) is 6.54 Å². The number of hydrogen-bond donors (Lipinski definition) is 2. The smallest absolute Gasteiger partial charge is 0.242 e. The predicted octanol–water partition coefficient (Wildman–Crippen LogP) is 3.02. The van der Waals surface area contributed by atoms with Crippen LogP contribution >= 0.6 is 23.2 Å². The fraction of sp³-hybridized carbons (Fsp3) is 0.235. The maximum absolute atomic E-state index is 12.7. The standard InChI is InChI=1S/C17H18Cl2N2O3S/c1-2-20-17(22)15(10-12-6-4-3-5-7-12)21-25(23,24)16-11-13(18)8-9-14(16)19/h3-9,11,15,21H,2,10H2,1H3,(H,20,22)/t15-/m0/s1. The van der Waals surface area contributed by atoms with E-state index in [4.69, 9.17) is 23.2 Å². The molecule has 2 aromatic rings. The molecule has 0 saturated heterocycles. The summed E-state index contributed by atoms with van der Waals surface area (Å²) in [6, 6.07) is 12.3. The van der Waals surface area contributed by atoms with Crippen molar-refractivity contribution in [2.45, 2.75) is 24.3 Å². The Morgan fingerprint density at radius 2 is 1.80 bits per heavy atom. The lowest BCUT2D eigenvalue weighted by atomic mass is 10.1. The molecule has 1 amide bonds. The van der Waals surface area contributed by atoms with Crippen LogP contribution in [-0.2, 0) is 21.2 Å². The molecule has 25 heavy (non-hydrogen) atoms. The van der Waals surface area contributed by atoms with Crippen molar-refractivity contribution in [1.82, 2.24) is 10.0 Å². The van der Waals surface area contributed by atoms with Gasteiger partial charge in [-0.25, -0.2) is 8.42 Å². The van der Waals surface area contributed by atoms with E-state index in [0.717, 1.165) is 5.56 Å². The maximum Gasteiger partial charge on any atom is 0.242 e. The molecule has 2 rings (SSSR count). The average molecular weight is 401 g/mol. The van der Waals surface area contributed by atoms with E-state index in [2.05, 4.69) is 10.0 Å². The molecule has 0 heterocycles. The first-order valence-electron chi connectivity index (χ1n) is 7.62. The number of halogens is 2. The minimum Gasteiger partial charge on any atom is -0.355 e. The molecule has 0 saturated carbocycles. The normalized spacial score (nSPS) is 12.6. The van der Waals surface area contributed by atoms with Crippen molar-refractivity contribution >= 4 is 39.1 Å². The third-order valence-electron chi connectivity index (χ3n) is 3.43. The van der Waals surface area contributed by atoms with Crippen molar-refractivity contribution in [3.05, 3.63) is 64.1 Å². The number of carbonyl (C=O) groups is 1. The second kappa shape index (κ2) is 8.67. The molecule has 0 spiro atoms. The van der Waals surface area contributed by atoms with Crippen molar-refractivity contribution in [2.24, 2.45) is 0 Å². The molecule has 0 bridgehead atoms. The zero-order valence-electron chi connectivity index (χ0n) is 13.5. The largest absolute Gasteiger partial charge is 0.355 e. The molecule has 2 N–H and O–H groups in total. The number of benzene rings is 2. The summed E-state index contributed by atoms with van der Waals surface area (Å²) in [6.07, 6.45) is 0.212. The second-order valence-electron chi connectivity index (χ2n) is 5.33. The Kier molecular flexibility index (Phi) is 6.84. The molecule has 0 unspecified atom stereocenters. The van der Waals surface area contributed by atoms with Crippen LogP contribution in [0.3, 0.4) is 0 Å². The third kappa shape index (κ3) is 5.44. The van der Waals surface area contributed by atoms with E-state index in [9.17, 15) is 13.2 Å². The summed E-state index contributed by atoms with van der Waals surface area (Å²) in [5.74, 6) is -0.409. The van der Waals surface area contributed by atoms with Gasteiger partial charge in [0.25, 0.3) is 0 Å². The number of amides is 1. The van der Waals surface area contributed by atoms with E-state index >= 15 is 0 Å². The van der Waals surface area contributed by atoms with Gasteiger partial charge in [-0.2, -0.15) is 4.72 Å². The molecular weight excluding hydrogens is 383 g/mol. The van der Waals surface area contributed by atoms with Gasteiger partial charge in [-0.05, 0) is 37.1 Å². The molecule has 1 atom stereocenters. The van der Waals surface area contributed by atoms with Gasteiger partial charge < -0.3 is 5.32 Å². The van der Waals surface area contributed by atoms with Crippen LogP contribution in [0.4, 0.5) is 0 Å². The van der Waals surface area contributed by atoms with Crippen LogP contribution in [0, 0.1) is 0 Å². The second-order valence-corrected chi connectivity index (χ2v) is 7.86. The van der Waals surface area contributed by atoms with E-state index in [1.54, 1.807) is 6.92 Å². The van der Waals surface area contributed by atoms with E-state index in [0.29, 0.717) is 6.54 Å². The Morgan fingerprint density at radius 3 is 2.44 bits per heavy atom. The van der Waals surface area contributed by atoms with Gasteiger partial charge in [0.2, 0.25) is 15.9 Å². The Balaban J connectivity index is 2.31. The number of nitrogens with one attached hydrogen (secondary N) is 2. The van der Waals surface area contributed by atoms with Crippen molar-refractivity contribution < 1.29 is 13.2 Å². The summed E-state index contributed by atoms with van der Waals surface area (Å²) < 4.78 is 27.8. The van der Waals surface area contributed by atoms with Crippen molar-refractivity contribution in [3.8, 4) is 0 Å². The zero-order chi connectivity index (χ0) is 18.4. The molecule has 8 heteroatoms. The minimum atomic E-state index is -4.02. The van der Waals surface area contributed by atoms with Crippen LogP contribution in [0.1, 0.15) is 12.5 Å². The van der Waals surface area contributed by atoms with Gasteiger partial charge in [0, 0.05) is 11.6 Å². The fourth-order valence-electron chi connectivity index (χ4n) is 2.27. The van der Waals surface area contributed by atoms with Gasteiger partial charge in [-0.15, -0.1) is 0 Å². The summed E-state index contributed by atoms with van der Waals surface area (Å²) in [6.45, 7) is 2.16. The molecular formula is C17H18Cl2N2O3S. The third-order valence-corrected chi connectivity index (χ3v) is 5.62. The van der Waals surface area contributed by atoms with Crippen LogP contribution < -0.4 is 10.0 Å². The molecule has 0 aromatic heterocycles. The quantitative estimate of drug-likeness (QED) is 0.749. The summed E-state index contributed by atoms with van der Waals surface area (Å²) in [5, 5.41) is 2.91. The first-order chi connectivity index (χ1) is 11.8. The van der Waals surface area contributed by atoms with Crippen molar-refractivity contribution in [3.63, 3.8) is 0 Å². The summed E-state index contributed by atoms with van der Waals surface area (Å²) in [5.41, 5.74) is 0.832. The summed E-state index contributed by atoms with van der Waals surface area (Å²) in [7, 11) is -4.02. The van der Waals surface area contributed by atoms with Crippen LogP contribution in [0.15, 0.2) is 53.4 Å². The topological polar surface area (TPSA) is 75.3 Å². The summed E-state index contributed by atoms with van der Waals surface area (Å²) >= 11 is 11.9. The van der Waals surface area contributed by atoms with Crippen LogP contribution in [0.2, 0.25) is 10.0 Å². The van der Waals surface area contributed by atoms with Crippen LogP contribution in [0.25, 0.3) is 0 Å². The SMILES string of the molecule is CCNC(=O)[C@H](Cc1ccccc1)NS(=O)(=O)c1cc(Cl)ccc1Cl. The van der Waals surface area contributed by atoms with Gasteiger partial charge in [-0.3, -0.25) is 4.79 Å². The van der Waals surface area contributed by atoms with Crippen molar-refractivity contribution in [1.29, 1.82) is 0 Å². The van der Waals surface area contributed by atoms with E-state index in [-0.39, 0.29) is 21.4 Å². The van der Waals surface area contributed by atoms with Gasteiger partial charge in [0.05, 0.1) is 5.02 Å². The highest BCUT2D eigenvalue weighted by molar-refractivity contribution is 7.89. The Labute approximate surface area is 157 Å². The molecule has 2 aromatic carbocycles. The molecule has 134 valence electrons. The lowest BCUT2D eigenvalue weighted by Crippen LogP contribution is -2.47. The Hall–Kier alpha value is -1.60. The highest BCUT2D eigenvalue weighted by atomic mass is 35.5. The molecule has 0 fully saturated rings. The Morgan fingerprint density at radius 1 is 1.12 bits per heavy atom. The highest BCUT2D eigenvalue weighted by Crippen LogP contribution is 2.25. The van der Waals surface area contributed by atoms with Gasteiger partial charge in [0.1, 0.15) is 10.9 Å². The van der Waals surface area contributed by atoms with Crippen LogP contribution in [-0.4, -0.2) is 26.9 Å². The highest BCUT2D eigenvalue weighted by Gasteiger charge is 2.27. The first-order valence-corrected chi connectivity index (χ1v) is 9.86. The lowest BCUT2D eigenvalue weighted by Gasteiger charge is -2.19. The minimum absolute atomic E-state index is 0.0336. The maximum atomic E-state index is 12.7. The molecule has 0 aliphatic rings. The fourth-order valence-corrected chi connectivity index (χ4v) is 4.23. The molecule has 0 aliphatic carbocycles. The number of carbonyl (C=O) groups excluding carboxylic acids is 1. The monoisotopic (exact) mass is 400 g/mol. The molecule has 0 aliphatic heterocycles. The molecule has 5 nitrogen and oxygen atoms in total. The number of likely N-dealkylation sites (N-methyl/N-ethyl adjacent to an activating group) is 1. The number of sulfonamides is 1. The van der Waals surface area contributed by atoms with E-state index in [1.165, 1.54) is 18.2 Å². The van der Waals surface area contributed by atoms with Gasteiger partial charge in [0.15, 0.2) is 0 Å². The van der Waals surface area contributed by atoms with Crippen LogP contribution in [0.5, 0.6) is 0 Å². The summed E-state index contributed by atoms with van der Waals surface area (Å²) in [4.78, 5) is 12.1. The number of rotatable bonds is 7. The average Bonchev–Trinajstić information content (AvgIpc) is 2.57. The van der Waals surface area contributed by atoms with Gasteiger partial charge in [-0.1, -0.05) is 53.5 Å². The van der Waals surface area contributed by atoms with Gasteiger partial charge >= 0.3 is 0 Å². The number of hydrogen-bond acceptors (Lipinski definition) is 3. The van der Waals surface area contributed by atoms with E-state index in [1.807, 2.05) is 30.3 Å². The van der Waals surface area contributed by atoms with E-state index < -0.39 is 22.0 Å².